The zero-order chi connectivity index (χ0) is 18.5. The van der Waals surface area contributed by atoms with Crippen LogP contribution in [0.5, 0.6) is 11.5 Å². The predicted octanol–water partition coefficient (Wildman–Crippen LogP) is 3.75. The van der Waals surface area contributed by atoms with Gasteiger partial charge in [0.05, 0.1) is 5.69 Å². The number of carbonyl (C=O) groups excluding carboxylic acids is 1. The molecule has 6 heteroatoms. The number of phenolic OH excluding ortho intramolecular Hbond substituents is 1. The molecule has 132 valence electrons. The van der Waals surface area contributed by atoms with E-state index in [0.29, 0.717) is 11.4 Å². The lowest BCUT2D eigenvalue weighted by Crippen LogP contribution is -2.37. The van der Waals surface area contributed by atoms with Gasteiger partial charge in [0.1, 0.15) is 11.5 Å². The molecular formula is C20H18N2O3S. The molecule has 3 aromatic carbocycles. The number of anilines is 1. The van der Waals surface area contributed by atoms with Crippen molar-refractivity contribution in [3.05, 3.63) is 66.2 Å². The van der Waals surface area contributed by atoms with E-state index in [-0.39, 0.29) is 23.4 Å². The van der Waals surface area contributed by atoms with E-state index < -0.39 is 0 Å². The van der Waals surface area contributed by atoms with E-state index in [2.05, 4.69) is 10.6 Å². The lowest BCUT2D eigenvalue weighted by molar-refractivity contribution is -0.121. The molecule has 0 fully saturated rings. The van der Waals surface area contributed by atoms with Crippen molar-refractivity contribution in [2.24, 2.45) is 0 Å². The SMILES string of the molecule is Cc1ccc(O)c(NC(=S)NC(=O)COc2cccc3ccccc23)c1. The Bertz CT molecular complexity index is 967. The third-order valence-corrected chi connectivity index (χ3v) is 3.97. The van der Waals surface area contributed by atoms with Crippen LogP contribution in [0.15, 0.2) is 60.7 Å². The summed E-state index contributed by atoms with van der Waals surface area (Å²) in [4.78, 5) is 12.1. The van der Waals surface area contributed by atoms with Crippen LogP contribution in [-0.4, -0.2) is 22.7 Å². The first-order chi connectivity index (χ1) is 12.5. The quantitative estimate of drug-likeness (QED) is 0.485. The van der Waals surface area contributed by atoms with Gasteiger partial charge >= 0.3 is 0 Å². The number of hydrogen-bond donors (Lipinski definition) is 3. The number of phenols is 1. The predicted molar refractivity (Wildman–Crippen MR) is 107 cm³/mol. The highest BCUT2D eigenvalue weighted by Crippen LogP contribution is 2.25. The molecule has 0 saturated heterocycles. The highest BCUT2D eigenvalue weighted by molar-refractivity contribution is 7.80. The zero-order valence-electron chi connectivity index (χ0n) is 14.2. The van der Waals surface area contributed by atoms with Gasteiger partial charge < -0.3 is 15.2 Å². The summed E-state index contributed by atoms with van der Waals surface area (Å²) in [5.74, 6) is 0.301. The number of thiocarbonyl (C=S) groups is 1. The Hall–Kier alpha value is -3.12. The number of carbonyl (C=O) groups is 1. The molecule has 0 aliphatic rings. The molecule has 1 amide bonds. The highest BCUT2D eigenvalue weighted by atomic mass is 32.1. The van der Waals surface area contributed by atoms with Crippen LogP contribution >= 0.6 is 12.2 Å². The number of benzene rings is 3. The molecule has 0 heterocycles. The molecule has 0 saturated carbocycles. The maximum atomic E-state index is 12.1. The largest absolute Gasteiger partial charge is 0.506 e. The summed E-state index contributed by atoms with van der Waals surface area (Å²) in [5.41, 5.74) is 1.39. The van der Waals surface area contributed by atoms with Gasteiger partial charge in [0.25, 0.3) is 5.91 Å². The number of ether oxygens (including phenoxy) is 1. The molecule has 0 unspecified atom stereocenters. The average Bonchev–Trinajstić information content (AvgIpc) is 2.63. The van der Waals surface area contributed by atoms with Crippen LogP contribution < -0.4 is 15.4 Å². The Morgan fingerprint density at radius 1 is 1.12 bits per heavy atom. The van der Waals surface area contributed by atoms with Crippen molar-refractivity contribution in [2.75, 3.05) is 11.9 Å². The summed E-state index contributed by atoms with van der Waals surface area (Å²) in [7, 11) is 0. The molecule has 3 aromatic rings. The lowest BCUT2D eigenvalue weighted by Gasteiger charge is -2.12. The van der Waals surface area contributed by atoms with Crippen LogP contribution in [0.25, 0.3) is 10.8 Å². The maximum Gasteiger partial charge on any atom is 0.264 e. The van der Waals surface area contributed by atoms with Gasteiger partial charge in [-0.25, -0.2) is 0 Å². The molecule has 0 radical (unpaired) electrons. The molecule has 3 rings (SSSR count). The fraction of sp³-hybridized carbons (Fsp3) is 0.100. The zero-order valence-corrected chi connectivity index (χ0v) is 15.0. The van der Waals surface area contributed by atoms with E-state index in [0.717, 1.165) is 16.3 Å². The number of rotatable bonds is 4. The highest BCUT2D eigenvalue weighted by Gasteiger charge is 2.09. The Balaban J connectivity index is 1.58. The van der Waals surface area contributed by atoms with Gasteiger partial charge in [0.15, 0.2) is 11.7 Å². The smallest absolute Gasteiger partial charge is 0.264 e. The van der Waals surface area contributed by atoms with Gasteiger partial charge in [0.2, 0.25) is 0 Å². The third-order valence-electron chi connectivity index (χ3n) is 3.76. The van der Waals surface area contributed by atoms with Crippen LogP contribution in [0.3, 0.4) is 0 Å². The number of aromatic hydroxyl groups is 1. The normalized spacial score (nSPS) is 10.3. The van der Waals surface area contributed by atoms with Gasteiger partial charge in [0, 0.05) is 5.39 Å². The second-order valence-electron chi connectivity index (χ2n) is 5.79. The van der Waals surface area contributed by atoms with Crippen molar-refractivity contribution in [2.45, 2.75) is 6.92 Å². The van der Waals surface area contributed by atoms with Crippen LogP contribution in [0.1, 0.15) is 5.56 Å². The van der Waals surface area contributed by atoms with Gasteiger partial charge in [-0.05, 0) is 48.3 Å². The summed E-state index contributed by atoms with van der Waals surface area (Å²) < 4.78 is 5.63. The molecule has 26 heavy (non-hydrogen) atoms. The maximum absolute atomic E-state index is 12.1. The Morgan fingerprint density at radius 2 is 1.88 bits per heavy atom. The summed E-state index contributed by atoms with van der Waals surface area (Å²) in [5, 5.41) is 17.2. The molecular weight excluding hydrogens is 348 g/mol. The minimum atomic E-state index is -0.387. The van der Waals surface area contributed by atoms with Gasteiger partial charge in [-0.3, -0.25) is 10.1 Å². The van der Waals surface area contributed by atoms with Crippen LogP contribution in [0.2, 0.25) is 0 Å². The van der Waals surface area contributed by atoms with Gasteiger partial charge in [-0.1, -0.05) is 42.5 Å². The van der Waals surface area contributed by atoms with Crippen LogP contribution in [-0.2, 0) is 4.79 Å². The van der Waals surface area contributed by atoms with Crippen molar-refractivity contribution < 1.29 is 14.6 Å². The van der Waals surface area contributed by atoms with E-state index in [9.17, 15) is 9.90 Å². The van der Waals surface area contributed by atoms with Crippen molar-refractivity contribution in [1.29, 1.82) is 0 Å². The minimum absolute atomic E-state index is 0.0548. The summed E-state index contributed by atoms with van der Waals surface area (Å²) >= 11 is 5.11. The van der Waals surface area contributed by atoms with E-state index in [1.807, 2.05) is 49.4 Å². The molecule has 0 aliphatic carbocycles. The van der Waals surface area contributed by atoms with Crippen molar-refractivity contribution in [1.82, 2.24) is 5.32 Å². The monoisotopic (exact) mass is 366 g/mol. The molecule has 0 aliphatic heterocycles. The molecule has 0 atom stereocenters. The second kappa shape index (κ2) is 7.84. The molecule has 3 N–H and O–H groups in total. The summed E-state index contributed by atoms with van der Waals surface area (Å²) in [6.07, 6.45) is 0. The fourth-order valence-electron chi connectivity index (χ4n) is 2.53. The number of fused-ring (bicyclic) bond motifs is 1. The van der Waals surface area contributed by atoms with Crippen molar-refractivity contribution in [3.8, 4) is 11.5 Å². The number of nitrogens with one attached hydrogen (secondary N) is 2. The molecule has 0 spiro atoms. The first-order valence-electron chi connectivity index (χ1n) is 8.04. The van der Waals surface area contributed by atoms with Gasteiger partial charge in [-0.15, -0.1) is 0 Å². The van der Waals surface area contributed by atoms with E-state index in [4.69, 9.17) is 17.0 Å². The second-order valence-corrected chi connectivity index (χ2v) is 6.20. The summed E-state index contributed by atoms with van der Waals surface area (Å²) in [6.45, 7) is 1.72. The minimum Gasteiger partial charge on any atom is -0.506 e. The topological polar surface area (TPSA) is 70.6 Å². The third kappa shape index (κ3) is 4.29. The first-order valence-corrected chi connectivity index (χ1v) is 8.45. The van der Waals surface area contributed by atoms with Crippen LogP contribution in [0.4, 0.5) is 5.69 Å². The van der Waals surface area contributed by atoms with E-state index in [1.54, 1.807) is 18.2 Å². The standard InChI is InChI=1S/C20H18N2O3S/c1-13-9-10-17(23)16(11-13)21-20(26)22-19(24)12-25-18-8-4-6-14-5-2-3-7-15(14)18/h2-11,23H,12H2,1H3,(H2,21,22,24,26). The number of amides is 1. The van der Waals surface area contributed by atoms with Crippen LogP contribution in [0, 0.1) is 6.92 Å². The molecule has 0 bridgehead atoms. The lowest BCUT2D eigenvalue weighted by atomic mass is 10.1. The van der Waals surface area contributed by atoms with Crippen molar-refractivity contribution in [3.63, 3.8) is 0 Å². The molecule has 5 nitrogen and oxygen atoms in total. The Kier molecular flexibility index (Phi) is 5.34. The Labute approximate surface area is 156 Å². The Morgan fingerprint density at radius 3 is 2.73 bits per heavy atom. The first kappa shape index (κ1) is 17.7. The summed E-state index contributed by atoms with van der Waals surface area (Å²) in [6, 6.07) is 18.5. The molecule has 0 aromatic heterocycles. The van der Waals surface area contributed by atoms with E-state index in [1.165, 1.54) is 0 Å². The fourth-order valence-corrected chi connectivity index (χ4v) is 2.75. The number of hydrogen-bond acceptors (Lipinski definition) is 4. The average molecular weight is 366 g/mol. The number of aryl methyl sites for hydroxylation is 1. The van der Waals surface area contributed by atoms with E-state index >= 15 is 0 Å². The van der Waals surface area contributed by atoms with Gasteiger partial charge in [-0.2, -0.15) is 0 Å². The van der Waals surface area contributed by atoms with Crippen molar-refractivity contribution >= 4 is 39.7 Å².